The van der Waals surface area contributed by atoms with E-state index in [-0.39, 0.29) is 0 Å². The Balaban J connectivity index is 2.03. The Kier molecular flexibility index (Phi) is 4.54. The van der Waals surface area contributed by atoms with E-state index in [9.17, 15) is 0 Å². The van der Waals surface area contributed by atoms with Crippen molar-refractivity contribution in [2.24, 2.45) is 0 Å². The van der Waals surface area contributed by atoms with Gasteiger partial charge in [0.15, 0.2) is 0 Å². The van der Waals surface area contributed by atoms with Gasteiger partial charge in [-0.3, -0.25) is 0 Å². The summed E-state index contributed by atoms with van der Waals surface area (Å²) >= 11 is 3.64. The number of rotatable bonds is 5. The fraction of sp³-hybridized carbons (Fsp3) is 0.500. The van der Waals surface area contributed by atoms with Crippen molar-refractivity contribution >= 4 is 22.7 Å². The van der Waals surface area contributed by atoms with Crippen LogP contribution in [0.25, 0.3) is 0 Å². The molecule has 2 atom stereocenters. The first kappa shape index (κ1) is 13.7. The highest BCUT2D eigenvalue weighted by atomic mass is 32.1. The number of hydrogen-bond donors (Lipinski definition) is 1. The van der Waals surface area contributed by atoms with Crippen LogP contribution in [0, 0.1) is 6.92 Å². The van der Waals surface area contributed by atoms with Crippen molar-refractivity contribution < 1.29 is 0 Å². The average molecular weight is 280 g/mol. The molecule has 2 nitrogen and oxygen atoms in total. The second-order valence-electron chi connectivity index (χ2n) is 4.60. The molecule has 0 aromatic carbocycles. The van der Waals surface area contributed by atoms with Gasteiger partial charge in [0.2, 0.25) is 0 Å². The zero-order valence-corrected chi connectivity index (χ0v) is 13.0. The second-order valence-corrected chi connectivity index (χ2v) is 6.69. The minimum Gasteiger partial charge on any atom is -0.301 e. The van der Waals surface area contributed by atoms with Gasteiger partial charge in [0, 0.05) is 22.0 Å². The van der Waals surface area contributed by atoms with Crippen LogP contribution in [-0.4, -0.2) is 4.98 Å². The molecule has 0 aliphatic carbocycles. The molecule has 2 aromatic rings. The molecule has 0 spiro atoms. The molecule has 2 aromatic heterocycles. The van der Waals surface area contributed by atoms with Gasteiger partial charge >= 0.3 is 0 Å². The normalized spacial score (nSPS) is 14.7. The minimum absolute atomic E-state index is 0.312. The third-order valence-electron chi connectivity index (χ3n) is 3.09. The Hall–Kier alpha value is -0.710. The predicted molar refractivity (Wildman–Crippen MR) is 80.5 cm³/mol. The lowest BCUT2D eigenvalue weighted by atomic mass is 10.1. The molecule has 0 fully saturated rings. The second kappa shape index (κ2) is 5.95. The number of hydrogen-bond acceptors (Lipinski definition) is 4. The smallest absolute Gasteiger partial charge is 0.109 e. The third kappa shape index (κ3) is 2.99. The number of thiazole rings is 1. The average Bonchev–Trinajstić information content (AvgIpc) is 2.96. The van der Waals surface area contributed by atoms with Gasteiger partial charge in [-0.1, -0.05) is 6.92 Å². The molecule has 2 unspecified atom stereocenters. The van der Waals surface area contributed by atoms with Crippen LogP contribution in [0.3, 0.4) is 0 Å². The first-order chi connectivity index (χ1) is 8.61. The molecule has 98 valence electrons. The standard InChI is InChI=1S/C14H20N2S2/c1-5-12-8-15-14(18-12)11(4)16-10(3)13-9(2)6-7-17-13/h6-8,10-11,16H,5H2,1-4H3. The molecule has 2 rings (SSSR count). The quantitative estimate of drug-likeness (QED) is 0.873. The largest absolute Gasteiger partial charge is 0.301 e. The van der Waals surface area contributed by atoms with E-state index in [0.29, 0.717) is 12.1 Å². The van der Waals surface area contributed by atoms with Crippen LogP contribution in [0.2, 0.25) is 0 Å². The number of nitrogens with zero attached hydrogens (tertiary/aromatic N) is 1. The number of nitrogens with one attached hydrogen (secondary N) is 1. The summed E-state index contributed by atoms with van der Waals surface area (Å²) in [6, 6.07) is 2.88. The Labute approximate surface area is 117 Å². The summed E-state index contributed by atoms with van der Waals surface area (Å²) in [5, 5.41) is 6.98. The Morgan fingerprint density at radius 3 is 2.67 bits per heavy atom. The lowest BCUT2D eigenvalue weighted by Crippen LogP contribution is -2.22. The summed E-state index contributed by atoms with van der Waals surface area (Å²) in [5.41, 5.74) is 1.38. The number of thiophene rings is 1. The highest BCUT2D eigenvalue weighted by Gasteiger charge is 2.16. The lowest BCUT2D eigenvalue weighted by molar-refractivity contribution is 0.497. The van der Waals surface area contributed by atoms with Gasteiger partial charge in [0.25, 0.3) is 0 Å². The maximum atomic E-state index is 4.50. The fourth-order valence-electron chi connectivity index (χ4n) is 2.04. The van der Waals surface area contributed by atoms with Crippen LogP contribution < -0.4 is 5.32 Å². The van der Waals surface area contributed by atoms with Crippen LogP contribution in [0.5, 0.6) is 0 Å². The van der Waals surface area contributed by atoms with Crippen LogP contribution in [0.4, 0.5) is 0 Å². The van der Waals surface area contributed by atoms with Gasteiger partial charge in [-0.2, -0.15) is 0 Å². The molecule has 2 heterocycles. The van der Waals surface area contributed by atoms with Crippen molar-refractivity contribution in [2.45, 2.75) is 46.2 Å². The third-order valence-corrected chi connectivity index (χ3v) is 5.61. The van der Waals surface area contributed by atoms with E-state index < -0.39 is 0 Å². The molecule has 0 bridgehead atoms. The summed E-state index contributed by atoms with van der Waals surface area (Å²) in [5.74, 6) is 0. The van der Waals surface area contributed by atoms with E-state index in [2.05, 4.69) is 49.4 Å². The summed E-state index contributed by atoms with van der Waals surface area (Å²) < 4.78 is 0. The Morgan fingerprint density at radius 1 is 1.33 bits per heavy atom. The van der Waals surface area contributed by atoms with Crippen LogP contribution in [0.15, 0.2) is 17.6 Å². The zero-order chi connectivity index (χ0) is 13.1. The van der Waals surface area contributed by atoms with Crippen molar-refractivity contribution in [3.63, 3.8) is 0 Å². The molecule has 0 saturated heterocycles. The first-order valence-electron chi connectivity index (χ1n) is 6.36. The van der Waals surface area contributed by atoms with E-state index >= 15 is 0 Å². The van der Waals surface area contributed by atoms with Crippen LogP contribution in [-0.2, 0) is 6.42 Å². The Morgan fingerprint density at radius 2 is 2.11 bits per heavy atom. The fourth-order valence-corrected chi connectivity index (χ4v) is 3.85. The van der Waals surface area contributed by atoms with Gasteiger partial charge in [-0.05, 0) is 44.2 Å². The highest BCUT2D eigenvalue weighted by molar-refractivity contribution is 7.11. The maximum absolute atomic E-state index is 4.50. The number of aryl methyl sites for hydroxylation is 2. The molecule has 0 aliphatic rings. The molecule has 0 saturated carbocycles. The monoisotopic (exact) mass is 280 g/mol. The molecule has 4 heteroatoms. The van der Waals surface area contributed by atoms with Gasteiger partial charge in [0.1, 0.15) is 5.01 Å². The highest BCUT2D eigenvalue weighted by Crippen LogP contribution is 2.27. The lowest BCUT2D eigenvalue weighted by Gasteiger charge is -2.18. The van der Waals surface area contributed by atoms with Crippen LogP contribution >= 0.6 is 22.7 Å². The van der Waals surface area contributed by atoms with E-state index in [1.165, 1.54) is 20.3 Å². The van der Waals surface area contributed by atoms with Crippen molar-refractivity contribution in [2.75, 3.05) is 0 Å². The SMILES string of the molecule is CCc1cnc(C(C)NC(C)c2sccc2C)s1. The van der Waals surface area contributed by atoms with Crippen LogP contribution in [0.1, 0.15) is 53.2 Å². The Bertz CT molecular complexity index is 501. The van der Waals surface area contributed by atoms with E-state index in [0.717, 1.165) is 6.42 Å². The van der Waals surface area contributed by atoms with Crippen molar-refractivity contribution in [3.8, 4) is 0 Å². The van der Waals surface area contributed by atoms with E-state index in [1.807, 2.05) is 28.9 Å². The van der Waals surface area contributed by atoms with Crippen molar-refractivity contribution in [1.82, 2.24) is 10.3 Å². The molecular weight excluding hydrogens is 260 g/mol. The van der Waals surface area contributed by atoms with Gasteiger partial charge in [0.05, 0.1) is 6.04 Å². The molecule has 18 heavy (non-hydrogen) atoms. The molecule has 1 N–H and O–H groups in total. The van der Waals surface area contributed by atoms with Gasteiger partial charge in [-0.25, -0.2) is 4.98 Å². The van der Waals surface area contributed by atoms with E-state index in [1.54, 1.807) is 0 Å². The van der Waals surface area contributed by atoms with Gasteiger partial charge in [-0.15, -0.1) is 22.7 Å². The summed E-state index contributed by atoms with van der Waals surface area (Å²) in [4.78, 5) is 7.29. The van der Waals surface area contributed by atoms with Gasteiger partial charge < -0.3 is 5.32 Å². The minimum atomic E-state index is 0.312. The first-order valence-corrected chi connectivity index (χ1v) is 8.06. The molecule has 0 aliphatic heterocycles. The summed E-state index contributed by atoms with van der Waals surface area (Å²) in [6.07, 6.45) is 3.07. The summed E-state index contributed by atoms with van der Waals surface area (Å²) in [7, 11) is 0. The molecule has 0 amide bonds. The maximum Gasteiger partial charge on any atom is 0.109 e. The number of aromatic nitrogens is 1. The molecular formula is C14H20N2S2. The summed E-state index contributed by atoms with van der Waals surface area (Å²) in [6.45, 7) is 8.77. The molecule has 0 radical (unpaired) electrons. The van der Waals surface area contributed by atoms with E-state index in [4.69, 9.17) is 0 Å². The predicted octanol–water partition coefficient (Wildman–Crippen LogP) is 4.49. The zero-order valence-electron chi connectivity index (χ0n) is 11.4. The van der Waals surface area contributed by atoms with Crippen molar-refractivity contribution in [3.05, 3.63) is 38.0 Å². The topological polar surface area (TPSA) is 24.9 Å². The van der Waals surface area contributed by atoms with Crippen molar-refractivity contribution in [1.29, 1.82) is 0 Å².